The zero-order valence-corrected chi connectivity index (χ0v) is 36.4. The monoisotopic (exact) mass is 836 g/mol. The van der Waals surface area contributed by atoms with E-state index in [4.69, 9.17) is 0 Å². The Balaban J connectivity index is 0.925. The topological polar surface area (TPSA) is 0 Å². The van der Waals surface area contributed by atoms with Gasteiger partial charge in [-0.15, -0.1) is 0 Å². The van der Waals surface area contributed by atoms with Crippen LogP contribution in [0.15, 0.2) is 255 Å². The average molecular weight is 837 g/mol. The van der Waals surface area contributed by atoms with Crippen LogP contribution < -0.4 is 0 Å². The minimum absolute atomic E-state index is 1.16. The molecule has 66 heavy (non-hydrogen) atoms. The van der Waals surface area contributed by atoms with Gasteiger partial charge in [0.2, 0.25) is 0 Å². The molecule has 0 heterocycles. The first-order valence-corrected chi connectivity index (χ1v) is 22.8. The van der Waals surface area contributed by atoms with Crippen LogP contribution in [0.25, 0.3) is 122 Å². The molecule has 0 radical (unpaired) electrons. The van der Waals surface area contributed by atoms with E-state index in [0.717, 1.165) is 11.1 Å². The van der Waals surface area contributed by atoms with E-state index in [0.29, 0.717) is 0 Å². The predicted octanol–water partition coefficient (Wildman–Crippen LogP) is 18.5. The van der Waals surface area contributed by atoms with E-state index in [9.17, 15) is 0 Å². The molecule has 0 amide bonds. The predicted molar refractivity (Wildman–Crippen MR) is 284 cm³/mol. The number of rotatable bonds is 8. The van der Waals surface area contributed by atoms with Crippen LogP contribution in [-0.2, 0) is 0 Å². The summed E-state index contributed by atoms with van der Waals surface area (Å²) >= 11 is 0. The van der Waals surface area contributed by atoms with E-state index in [1.807, 2.05) is 0 Å². The van der Waals surface area contributed by atoms with E-state index >= 15 is 0 Å². The summed E-state index contributed by atoms with van der Waals surface area (Å²) in [5, 5.41) is 10.1. The molecular formula is C66H44. The van der Waals surface area contributed by atoms with Gasteiger partial charge in [0, 0.05) is 0 Å². The lowest BCUT2D eigenvalue weighted by Crippen LogP contribution is -1.93. The molecule has 0 saturated heterocycles. The molecule has 0 atom stereocenters. The number of fused-ring (bicyclic) bond motifs is 4. The molecule has 0 aliphatic carbocycles. The largest absolute Gasteiger partial charge is 0.0622 e. The van der Waals surface area contributed by atoms with Crippen molar-refractivity contribution in [2.45, 2.75) is 0 Å². The maximum Gasteiger partial charge on any atom is -0.00141 e. The lowest BCUT2D eigenvalue weighted by atomic mass is 9.83. The second kappa shape index (κ2) is 16.8. The fourth-order valence-corrected chi connectivity index (χ4v) is 10.3. The molecule has 12 rings (SSSR count). The molecule has 12 aromatic rings. The zero-order chi connectivity index (χ0) is 43.8. The quantitative estimate of drug-likeness (QED) is 0.106. The molecule has 0 fully saturated rings. The van der Waals surface area contributed by atoms with E-state index in [1.54, 1.807) is 0 Å². The minimum Gasteiger partial charge on any atom is -0.0622 e. The van der Waals surface area contributed by atoms with Crippen molar-refractivity contribution < 1.29 is 0 Å². The van der Waals surface area contributed by atoms with Gasteiger partial charge in [0.05, 0.1) is 0 Å². The standard InChI is InChI=1S/C66H44/c1-5-19-49(20-6-1)61-55-27-13-15-29-57(55)63(51-23-9-3-10-24-51)65-53(31-17-33-59(61)65)47-41-37-45(38-42-47)35-36-46-39-43-48(44-40-46)54-32-18-34-60-62(50-21-7-2-8-22-50)56-28-14-16-30-58(56)64(66(54)60)52-25-11-4-12-26-52/h1-44H. The van der Waals surface area contributed by atoms with Crippen molar-refractivity contribution in [2.75, 3.05) is 0 Å². The van der Waals surface area contributed by atoms with Crippen molar-refractivity contribution in [2.24, 2.45) is 0 Å². The molecule has 0 bridgehead atoms. The molecule has 0 aliphatic heterocycles. The first-order chi connectivity index (χ1) is 32.8. The Labute approximate surface area is 386 Å². The second-order valence-corrected chi connectivity index (χ2v) is 17.1. The van der Waals surface area contributed by atoms with E-state index < -0.39 is 0 Å². The maximum absolute atomic E-state index is 2.30. The second-order valence-electron chi connectivity index (χ2n) is 17.1. The number of hydrogen-bond donors (Lipinski definition) is 0. The van der Waals surface area contributed by atoms with Crippen molar-refractivity contribution in [1.82, 2.24) is 0 Å². The van der Waals surface area contributed by atoms with Crippen molar-refractivity contribution in [3.8, 4) is 66.8 Å². The number of hydrogen-bond acceptors (Lipinski definition) is 0. The highest BCUT2D eigenvalue weighted by atomic mass is 14.2. The Morgan fingerprint density at radius 1 is 0.182 bits per heavy atom. The molecule has 0 saturated carbocycles. The van der Waals surface area contributed by atoms with Gasteiger partial charge < -0.3 is 0 Å². The van der Waals surface area contributed by atoms with Gasteiger partial charge >= 0.3 is 0 Å². The van der Waals surface area contributed by atoms with Crippen molar-refractivity contribution >= 4 is 55.2 Å². The molecule has 0 unspecified atom stereocenters. The van der Waals surface area contributed by atoms with E-state index in [2.05, 4.69) is 267 Å². The average Bonchev–Trinajstić information content (AvgIpc) is 3.40. The smallest absolute Gasteiger partial charge is 0.00141 e. The van der Waals surface area contributed by atoms with Gasteiger partial charge in [-0.25, -0.2) is 0 Å². The molecule has 0 heteroatoms. The highest BCUT2D eigenvalue weighted by molar-refractivity contribution is 6.26. The fourth-order valence-electron chi connectivity index (χ4n) is 10.3. The SMILES string of the molecule is C(=Cc1ccc(-c2cccc3c(-c4ccccc4)c4ccccc4c(-c4ccccc4)c23)cc1)c1ccc(-c2cccc3c(-c4ccccc4)c4ccccc4c(-c4ccccc4)c23)cc1. The third-order valence-corrected chi connectivity index (χ3v) is 13.3. The van der Waals surface area contributed by atoms with Crippen LogP contribution in [0.5, 0.6) is 0 Å². The first kappa shape index (κ1) is 39.0. The Kier molecular flexibility index (Phi) is 9.97. The first-order valence-electron chi connectivity index (χ1n) is 22.8. The van der Waals surface area contributed by atoms with Gasteiger partial charge in [0.25, 0.3) is 0 Å². The summed E-state index contributed by atoms with van der Waals surface area (Å²) in [4.78, 5) is 0. The van der Waals surface area contributed by atoms with Crippen molar-refractivity contribution in [3.63, 3.8) is 0 Å². The Morgan fingerprint density at radius 3 is 0.788 bits per heavy atom. The molecular weight excluding hydrogens is 793 g/mol. The van der Waals surface area contributed by atoms with E-state index in [-0.39, 0.29) is 0 Å². The molecule has 0 N–H and O–H groups in total. The van der Waals surface area contributed by atoms with Gasteiger partial charge in [-0.1, -0.05) is 267 Å². The van der Waals surface area contributed by atoms with Crippen molar-refractivity contribution in [3.05, 3.63) is 266 Å². The summed E-state index contributed by atoms with van der Waals surface area (Å²) in [7, 11) is 0. The van der Waals surface area contributed by atoms with Gasteiger partial charge in [0.15, 0.2) is 0 Å². The van der Waals surface area contributed by atoms with Crippen LogP contribution in [0, 0.1) is 0 Å². The molecule has 0 aromatic heterocycles. The minimum atomic E-state index is 1.16. The van der Waals surface area contributed by atoms with Crippen LogP contribution in [0.2, 0.25) is 0 Å². The van der Waals surface area contributed by atoms with Gasteiger partial charge in [-0.3, -0.25) is 0 Å². The zero-order valence-electron chi connectivity index (χ0n) is 36.4. The molecule has 12 aromatic carbocycles. The summed E-state index contributed by atoms with van der Waals surface area (Å²) < 4.78 is 0. The Morgan fingerprint density at radius 2 is 0.455 bits per heavy atom. The third kappa shape index (κ3) is 6.88. The van der Waals surface area contributed by atoms with Crippen molar-refractivity contribution in [1.29, 1.82) is 0 Å². The van der Waals surface area contributed by atoms with Crippen LogP contribution in [0.3, 0.4) is 0 Å². The van der Waals surface area contributed by atoms with Gasteiger partial charge in [0.1, 0.15) is 0 Å². The van der Waals surface area contributed by atoms with Gasteiger partial charge in [-0.05, 0) is 121 Å². The van der Waals surface area contributed by atoms with Crippen LogP contribution in [0.4, 0.5) is 0 Å². The number of benzene rings is 12. The third-order valence-electron chi connectivity index (χ3n) is 13.3. The summed E-state index contributed by atoms with van der Waals surface area (Å²) in [6, 6.07) is 93.0. The summed E-state index contributed by atoms with van der Waals surface area (Å²) in [5.74, 6) is 0. The molecule has 308 valence electrons. The van der Waals surface area contributed by atoms with Crippen LogP contribution in [-0.4, -0.2) is 0 Å². The molecule has 0 aliphatic rings. The molecule has 0 spiro atoms. The highest BCUT2D eigenvalue weighted by Gasteiger charge is 2.21. The summed E-state index contributed by atoms with van der Waals surface area (Å²) in [5.41, 5.74) is 17.1. The highest BCUT2D eigenvalue weighted by Crippen LogP contribution is 2.49. The Bertz CT molecular complexity index is 3480. The molecule has 0 nitrogen and oxygen atoms in total. The van der Waals surface area contributed by atoms with Crippen LogP contribution in [0.1, 0.15) is 11.1 Å². The Hall–Kier alpha value is -8.58. The fraction of sp³-hybridized carbons (Fsp3) is 0. The lowest BCUT2D eigenvalue weighted by molar-refractivity contribution is 1.61. The summed E-state index contributed by atoms with van der Waals surface area (Å²) in [6.07, 6.45) is 4.45. The lowest BCUT2D eigenvalue weighted by Gasteiger charge is -2.20. The van der Waals surface area contributed by atoms with E-state index in [1.165, 1.54) is 110 Å². The maximum atomic E-state index is 2.30. The summed E-state index contributed by atoms with van der Waals surface area (Å²) in [6.45, 7) is 0. The van der Waals surface area contributed by atoms with Crippen LogP contribution >= 0.6 is 0 Å². The normalized spacial score (nSPS) is 11.6. The van der Waals surface area contributed by atoms with Gasteiger partial charge in [-0.2, -0.15) is 0 Å².